The van der Waals surface area contributed by atoms with Crippen molar-refractivity contribution < 1.29 is 0 Å². The fourth-order valence-corrected chi connectivity index (χ4v) is 3.04. The van der Waals surface area contributed by atoms with Crippen molar-refractivity contribution in [2.75, 3.05) is 0 Å². The van der Waals surface area contributed by atoms with E-state index in [2.05, 4.69) is 37.3 Å². The highest BCUT2D eigenvalue weighted by Crippen LogP contribution is 2.44. The second-order valence-electron chi connectivity index (χ2n) is 5.77. The molecule has 0 aromatic carbocycles. The van der Waals surface area contributed by atoms with Gasteiger partial charge in [-0.15, -0.1) is 0 Å². The Kier molecular flexibility index (Phi) is 3.91. The Balaban J connectivity index is 2.32. The van der Waals surface area contributed by atoms with E-state index in [0.29, 0.717) is 0 Å². The lowest BCUT2D eigenvalue weighted by atomic mass is 9.75. The van der Waals surface area contributed by atoms with Crippen LogP contribution in [-0.4, -0.2) is 0 Å². The monoisotopic (exact) mass is 252 g/mol. The highest BCUT2D eigenvalue weighted by atomic mass is 14.5. The summed E-state index contributed by atoms with van der Waals surface area (Å²) in [6.07, 6.45) is 11.9. The van der Waals surface area contributed by atoms with Gasteiger partial charge in [-0.2, -0.15) is 10.5 Å². The largest absolute Gasteiger partial charge is 0.197 e. The smallest absolute Gasteiger partial charge is 0.147 e. The van der Waals surface area contributed by atoms with Gasteiger partial charge in [0, 0.05) is 5.92 Å². The fourth-order valence-electron chi connectivity index (χ4n) is 3.04. The van der Waals surface area contributed by atoms with E-state index < -0.39 is 5.41 Å². The van der Waals surface area contributed by atoms with Crippen LogP contribution in [0.3, 0.4) is 0 Å². The van der Waals surface area contributed by atoms with Gasteiger partial charge in [-0.3, -0.25) is 0 Å². The molecule has 0 spiro atoms. The van der Waals surface area contributed by atoms with Crippen molar-refractivity contribution in [3.05, 3.63) is 34.9 Å². The van der Waals surface area contributed by atoms with E-state index in [-0.39, 0.29) is 5.92 Å². The predicted molar refractivity (Wildman–Crippen MR) is 75.8 cm³/mol. The molecule has 2 aliphatic rings. The molecule has 1 unspecified atom stereocenters. The standard InChI is InChI=1S/C17H20N2/c1-13-8-9-16(17(2,11-18)12-19)15(13)10-14-6-4-3-5-7-14/h3-4,10,16H,5-9H2,1-2H3. The first-order valence-corrected chi connectivity index (χ1v) is 6.97. The summed E-state index contributed by atoms with van der Waals surface area (Å²) < 4.78 is 0. The third-order valence-electron chi connectivity index (χ3n) is 4.38. The Hall–Kier alpha value is -1.80. The molecule has 2 aliphatic carbocycles. The van der Waals surface area contributed by atoms with Crippen molar-refractivity contribution in [1.29, 1.82) is 10.5 Å². The first kappa shape index (κ1) is 13.6. The third-order valence-corrected chi connectivity index (χ3v) is 4.38. The van der Waals surface area contributed by atoms with Crippen molar-refractivity contribution in [2.45, 2.75) is 46.0 Å². The summed E-state index contributed by atoms with van der Waals surface area (Å²) in [5.74, 6) is 0.0703. The molecule has 0 amide bonds. The topological polar surface area (TPSA) is 47.6 Å². The molecule has 0 aromatic heterocycles. The molecule has 0 heterocycles. The van der Waals surface area contributed by atoms with E-state index in [0.717, 1.165) is 32.1 Å². The molecule has 0 bridgehead atoms. The molecule has 1 atom stereocenters. The van der Waals surface area contributed by atoms with Crippen molar-refractivity contribution in [3.63, 3.8) is 0 Å². The SMILES string of the molecule is CC1=C(C=C2CC=CCC2)C(C(C)(C#N)C#N)CC1. The highest BCUT2D eigenvalue weighted by molar-refractivity contribution is 5.40. The van der Waals surface area contributed by atoms with E-state index in [1.54, 1.807) is 6.92 Å². The van der Waals surface area contributed by atoms with Gasteiger partial charge in [-0.1, -0.05) is 29.4 Å². The van der Waals surface area contributed by atoms with Crippen molar-refractivity contribution in [1.82, 2.24) is 0 Å². The maximum Gasteiger partial charge on any atom is 0.147 e. The predicted octanol–water partition coefficient (Wildman–Crippen LogP) is 4.43. The molecule has 0 fully saturated rings. The summed E-state index contributed by atoms with van der Waals surface area (Å²) in [7, 11) is 0. The van der Waals surface area contributed by atoms with E-state index in [9.17, 15) is 10.5 Å². The number of nitriles is 2. The van der Waals surface area contributed by atoms with Crippen molar-refractivity contribution in [3.8, 4) is 12.1 Å². The zero-order chi connectivity index (χ0) is 13.9. The van der Waals surface area contributed by atoms with E-state index in [1.165, 1.54) is 16.7 Å². The Morgan fingerprint density at radius 3 is 2.58 bits per heavy atom. The zero-order valence-electron chi connectivity index (χ0n) is 11.7. The van der Waals surface area contributed by atoms with Gasteiger partial charge in [0.25, 0.3) is 0 Å². The van der Waals surface area contributed by atoms with E-state index >= 15 is 0 Å². The lowest BCUT2D eigenvalue weighted by Gasteiger charge is -2.23. The molecule has 98 valence electrons. The summed E-state index contributed by atoms with van der Waals surface area (Å²) >= 11 is 0. The number of hydrogen-bond donors (Lipinski definition) is 0. The average molecular weight is 252 g/mol. The maximum absolute atomic E-state index is 9.33. The van der Waals surface area contributed by atoms with E-state index in [1.807, 2.05) is 0 Å². The van der Waals surface area contributed by atoms with Crippen LogP contribution in [0.2, 0.25) is 0 Å². The molecule has 0 saturated carbocycles. The summed E-state index contributed by atoms with van der Waals surface area (Å²) in [5, 5.41) is 18.7. The minimum absolute atomic E-state index is 0.0703. The zero-order valence-corrected chi connectivity index (χ0v) is 11.7. The molecule has 2 heteroatoms. The lowest BCUT2D eigenvalue weighted by molar-refractivity contribution is 0.399. The van der Waals surface area contributed by atoms with Gasteiger partial charge in [0.15, 0.2) is 0 Å². The second kappa shape index (κ2) is 5.45. The first-order chi connectivity index (χ1) is 9.10. The average Bonchev–Trinajstić information content (AvgIpc) is 2.81. The van der Waals surface area contributed by atoms with Crippen LogP contribution >= 0.6 is 0 Å². The van der Waals surface area contributed by atoms with Crippen LogP contribution in [0.5, 0.6) is 0 Å². The van der Waals surface area contributed by atoms with Crippen LogP contribution in [-0.2, 0) is 0 Å². The Morgan fingerprint density at radius 1 is 1.26 bits per heavy atom. The second-order valence-corrected chi connectivity index (χ2v) is 5.77. The molecule has 0 saturated heterocycles. The molecule has 0 N–H and O–H groups in total. The number of nitrogens with zero attached hydrogens (tertiary/aromatic N) is 2. The van der Waals surface area contributed by atoms with E-state index in [4.69, 9.17) is 0 Å². The summed E-state index contributed by atoms with van der Waals surface area (Å²) in [5.41, 5.74) is 3.14. The van der Waals surface area contributed by atoms with Gasteiger partial charge in [0.1, 0.15) is 5.41 Å². The van der Waals surface area contributed by atoms with Crippen LogP contribution in [0.1, 0.15) is 46.0 Å². The van der Waals surface area contributed by atoms with Gasteiger partial charge >= 0.3 is 0 Å². The fraction of sp³-hybridized carbons (Fsp3) is 0.529. The molecule has 2 nitrogen and oxygen atoms in total. The van der Waals surface area contributed by atoms with Crippen LogP contribution in [0.4, 0.5) is 0 Å². The van der Waals surface area contributed by atoms with Crippen LogP contribution in [0.15, 0.2) is 34.9 Å². The number of hydrogen-bond acceptors (Lipinski definition) is 2. The maximum atomic E-state index is 9.33. The van der Waals surface area contributed by atoms with Crippen LogP contribution in [0, 0.1) is 34.0 Å². The summed E-state index contributed by atoms with van der Waals surface area (Å²) in [6, 6.07) is 4.44. The number of allylic oxidation sites excluding steroid dienone is 6. The van der Waals surface area contributed by atoms with Crippen LogP contribution in [0.25, 0.3) is 0 Å². The van der Waals surface area contributed by atoms with Gasteiger partial charge in [0.2, 0.25) is 0 Å². The normalized spacial score (nSPS) is 25.5. The van der Waals surface area contributed by atoms with Gasteiger partial charge < -0.3 is 0 Å². The molecular weight excluding hydrogens is 232 g/mol. The molecule has 0 radical (unpaired) electrons. The molecule has 19 heavy (non-hydrogen) atoms. The Morgan fingerprint density at radius 2 is 2.00 bits per heavy atom. The molecular formula is C17H20N2. The van der Waals surface area contributed by atoms with Gasteiger partial charge in [-0.25, -0.2) is 0 Å². The van der Waals surface area contributed by atoms with Crippen molar-refractivity contribution >= 4 is 0 Å². The first-order valence-electron chi connectivity index (χ1n) is 6.97. The van der Waals surface area contributed by atoms with Crippen LogP contribution < -0.4 is 0 Å². The Bertz CT molecular complexity index is 521. The summed E-state index contributed by atoms with van der Waals surface area (Å²) in [6.45, 7) is 3.91. The summed E-state index contributed by atoms with van der Waals surface area (Å²) in [4.78, 5) is 0. The quantitative estimate of drug-likeness (QED) is 0.682. The third kappa shape index (κ3) is 2.64. The van der Waals surface area contributed by atoms with Gasteiger partial charge in [-0.05, 0) is 51.5 Å². The van der Waals surface area contributed by atoms with Gasteiger partial charge in [0.05, 0.1) is 12.1 Å². The Labute approximate surface area is 115 Å². The highest BCUT2D eigenvalue weighted by Gasteiger charge is 2.39. The van der Waals surface area contributed by atoms with Crippen molar-refractivity contribution in [2.24, 2.45) is 11.3 Å². The minimum atomic E-state index is -0.894. The lowest BCUT2D eigenvalue weighted by Crippen LogP contribution is -2.23. The molecule has 0 aliphatic heterocycles. The number of rotatable bonds is 2. The molecule has 0 aromatic rings. The minimum Gasteiger partial charge on any atom is -0.197 e. The molecule has 2 rings (SSSR count).